The molecule has 0 radical (unpaired) electrons. The lowest BCUT2D eigenvalue weighted by Crippen LogP contribution is -2.22. The standard InChI is InChI=1S/C29H44.2C14H22.C3H8/c1-26(2,3)22-15-13-20(18-24(22)28(7,8)9)17-21-14-16-23(27(4,5)6)25(19-21)29(10,11)12;2*1-13(2,3)11-9-7-8-10-12(11)14(4,5)6;1-3-2/h13-16,18-19H,17H2,1-12H3;2*7-10H,1-6H3;3H2,1-2H3. The van der Waals surface area contributed by atoms with E-state index < -0.39 is 0 Å². The normalized spacial score (nSPS) is 13.0. The van der Waals surface area contributed by atoms with Crippen LogP contribution in [0.3, 0.4) is 0 Å². The Bertz CT molecular complexity index is 1700. The number of hydrogen-bond acceptors (Lipinski definition) is 0. The van der Waals surface area contributed by atoms with Crippen LogP contribution in [0.25, 0.3) is 0 Å². The number of hydrogen-bond donors (Lipinski definition) is 0. The summed E-state index contributed by atoms with van der Waals surface area (Å²) in [6.45, 7) is 59.4. The predicted octanol–water partition coefficient (Wildman–Crippen LogP) is 18.4. The highest BCUT2D eigenvalue weighted by Crippen LogP contribution is 2.38. The zero-order valence-electron chi connectivity index (χ0n) is 44.5. The first kappa shape index (κ1) is 54.9. The van der Waals surface area contributed by atoms with Crippen LogP contribution in [0.4, 0.5) is 0 Å². The van der Waals surface area contributed by atoms with Crippen molar-refractivity contribution in [3.8, 4) is 0 Å². The summed E-state index contributed by atoms with van der Waals surface area (Å²) in [6.07, 6.45) is 2.24. The van der Waals surface area contributed by atoms with Gasteiger partial charge in [0, 0.05) is 0 Å². The van der Waals surface area contributed by atoms with Gasteiger partial charge in [0.1, 0.15) is 0 Å². The van der Waals surface area contributed by atoms with Crippen molar-refractivity contribution in [3.63, 3.8) is 0 Å². The van der Waals surface area contributed by atoms with E-state index in [1.54, 1.807) is 0 Å². The van der Waals surface area contributed by atoms with Gasteiger partial charge in [-0.15, -0.1) is 0 Å². The molecule has 0 aliphatic heterocycles. The van der Waals surface area contributed by atoms with Gasteiger partial charge in [0.15, 0.2) is 0 Å². The molecule has 0 N–H and O–H groups in total. The van der Waals surface area contributed by atoms with Gasteiger partial charge in [0.25, 0.3) is 0 Å². The molecule has 0 heteroatoms. The van der Waals surface area contributed by atoms with Crippen molar-refractivity contribution in [2.24, 2.45) is 0 Å². The van der Waals surface area contributed by atoms with Gasteiger partial charge in [0.05, 0.1) is 0 Å². The molecule has 4 rings (SSSR count). The Morgan fingerprint density at radius 1 is 0.250 bits per heavy atom. The highest BCUT2D eigenvalue weighted by atomic mass is 14.3. The van der Waals surface area contributed by atoms with E-state index >= 15 is 0 Å². The monoisotopic (exact) mass is 817 g/mol. The fourth-order valence-electron chi connectivity index (χ4n) is 7.77. The van der Waals surface area contributed by atoms with Gasteiger partial charge < -0.3 is 0 Å². The van der Waals surface area contributed by atoms with Crippen molar-refractivity contribution in [1.82, 2.24) is 0 Å². The summed E-state index contributed by atoms with van der Waals surface area (Å²) in [5.74, 6) is 0. The molecule has 0 saturated heterocycles. The fraction of sp³-hybridized carbons (Fsp3) is 0.600. The van der Waals surface area contributed by atoms with Crippen molar-refractivity contribution < 1.29 is 0 Å². The van der Waals surface area contributed by atoms with Crippen LogP contribution in [-0.4, -0.2) is 0 Å². The zero-order valence-corrected chi connectivity index (χ0v) is 44.5. The maximum atomic E-state index is 2.45. The molecule has 0 aliphatic carbocycles. The van der Waals surface area contributed by atoms with Crippen LogP contribution in [0.2, 0.25) is 0 Å². The molecule has 0 nitrogen and oxygen atoms in total. The summed E-state index contributed by atoms with van der Waals surface area (Å²) in [5, 5.41) is 0. The van der Waals surface area contributed by atoms with Gasteiger partial charge >= 0.3 is 0 Å². The third-order valence-corrected chi connectivity index (χ3v) is 10.9. The fourth-order valence-corrected chi connectivity index (χ4v) is 7.77. The Kier molecular flexibility index (Phi) is 18.6. The van der Waals surface area contributed by atoms with Crippen LogP contribution in [0, 0.1) is 0 Å². The minimum Gasteiger partial charge on any atom is -0.0656 e. The smallest absolute Gasteiger partial charge is 0.00256 e. The number of benzene rings is 4. The molecule has 0 aromatic heterocycles. The first-order valence-corrected chi connectivity index (χ1v) is 23.3. The van der Waals surface area contributed by atoms with Gasteiger partial charge in [0.2, 0.25) is 0 Å². The summed E-state index contributed by atoms with van der Waals surface area (Å²) in [6, 6.07) is 31.9. The molecule has 60 heavy (non-hydrogen) atoms. The van der Waals surface area contributed by atoms with Gasteiger partial charge in [-0.25, -0.2) is 0 Å². The molecule has 0 saturated carbocycles. The van der Waals surface area contributed by atoms with Crippen molar-refractivity contribution in [2.75, 3.05) is 0 Å². The van der Waals surface area contributed by atoms with E-state index in [2.05, 4.69) is 265 Å². The predicted molar refractivity (Wildman–Crippen MR) is 274 cm³/mol. The van der Waals surface area contributed by atoms with Gasteiger partial charge in [-0.05, 0) is 105 Å². The van der Waals surface area contributed by atoms with Crippen LogP contribution >= 0.6 is 0 Å². The summed E-state index contributed by atoms with van der Waals surface area (Å²) >= 11 is 0. The Morgan fingerprint density at radius 3 is 0.583 bits per heavy atom. The minimum absolute atomic E-state index is 0.144. The quantitative estimate of drug-likeness (QED) is 0.189. The Labute approximate surface area is 375 Å². The molecule has 0 bridgehead atoms. The van der Waals surface area contributed by atoms with E-state index in [9.17, 15) is 0 Å². The first-order chi connectivity index (χ1) is 26.8. The lowest BCUT2D eigenvalue weighted by atomic mass is 9.73. The molecule has 0 spiro atoms. The van der Waals surface area contributed by atoms with Crippen LogP contribution in [0.5, 0.6) is 0 Å². The molecule has 0 amide bonds. The van der Waals surface area contributed by atoms with Crippen molar-refractivity contribution in [1.29, 1.82) is 0 Å². The average molecular weight is 817 g/mol. The maximum absolute atomic E-state index is 2.45. The van der Waals surface area contributed by atoms with E-state index in [4.69, 9.17) is 0 Å². The minimum atomic E-state index is 0.144. The molecule has 4 aromatic carbocycles. The van der Waals surface area contributed by atoms with Crippen LogP contribution < -0.4 is 0 Å². The zero-order chi connectivity index (χ0) is 47.1. The molecular formula is C60H96. The van der Waals surface area contributed by atoms with Crippen molar-refractivity contribution in [2.45, 2.75) is 236 Å². The summed E-state index contributed by atoms with van der Waals surface area (Å²) in [5.41, 5.74) is 16.1. The van der Waals surface area contributed by atoms with Gasteiger partial charge in [-0.3, -0.25) is 0 Å². The SMILES string of the molecule is CC(C)(C)c1ccc(Cc2ccc(C(C)(C)C)c(C(C)(C)C)c2)cc1C(C)(C)C.CC(C)(C)c1ccccc1C(C)(C)C.CC(C)(C)c1ccccc1C(C)(C)C.CCC. The van der Waals surface area contributed by atoms with Crippen LogP contribution in [0.1, 0.15) is 242 Å². The second kappa shape index (κ2) is 20.4. The van der Waals surface area contributed by atoms with Crippen molar-refractivity contribution in [3.05, 3.63) is 141 Å². The van der Waals surface area contributed by atoms with Gasteiger partial charge in [-0.1, -0.05) is 271 Å². The molecule has 0 heterocycles. The third kappa shape index (κ3) is 17.0. The molecular weight excluding hydrogens is 721 g/mol. The lowest BCUT2D eigenvalue weighted by Gasteiger charge is -2.31. The first-order valence-electron chi connectivity index (χ1n) is 23.3. The van der Waals surface area contributed by atoms with E-state index in [0.29, 0.717) is 0 Å². The molecule has 336 valence electrons. The van der Waals surface area contributed by atoms with Crippen molar-refractivity contribution >= 4 is 0 Å². The summed E-state index contributed by atoms with van der Waals surface area (Å²) in [4.78, 5) is 0. The largest absolute Gasteiger partial charge is 0.0656 e. The van der Waals surface area contributed by atoms with Crippen LogP contribution in [0.15, 0.2) is 84.9 Å². The Morgan fingerprint density at radius 2 is 0.417 bits per heavy atom. The van der Waals surface area contributed by atoms with Crippen LogP contribution in [-0.2, 0) is 49.7 Å². The average Bonchev–Trinajstić information content (AvgIpc) is 3.06. The second-order valence-corrected chi connectivity index (χ2v) is 25.7. The molecule has 0 atom stereocenters. The molecule has 0 aliphatic rings. The Hall–Kier alpha value is -3.12. The van der Waals surface area contributed by atoms with E-state index in [1.807, 2.05) is 0 Å². The van der Waals surface area contributed by atoms with Gasteiger partial charge in [-0.2, -0.15) is 0 Å². The maximum Gasteiger partial charge on any atom is -0.00256 e. The topological polar surface area (TPSA) is 0 Å². The molecule has 4 aromatic rings. The lowest BCUT2D eigenvalue weighted by molar-refractivity contribution is 0.528. The summed E-state index contributed by atoms with van der Waals surface area (Å²) < 4.78 is 0. The third-order valence-electron chi connectivity index (χ3n) is 10.9. The highest BCUT2D eigenvalue weighted by molar-refractivity contribution is 5.45. The highest BCUT2D eigenvalue weighted by Gasteiger charge is 2.28. The number of rotatable bonds is 2. The molecule has 0 fully saturated rings. The summed E-state index contributed by atoms with van der Waals surface area (Å²) in [7, 11) is 0. The van der Waals surface area contributed by atoms with E-state index in [0.717, 1.165) is 6.42 Å². The second-order valence-electron chi connectivity index (χ2n) is 25.7. The Balaban J connectivity index is 0.000000483. The van der Waals surface area contributed by atoms with E-state index in [1.165, 1.54) is 62.1 Å². The van der Waals surface area contributed by atoms with E-state index in [-0.39, 0.29) is 43.3 Å². The molecule has 0 unspecified atom stereocenters.